The molecule has 0 aliphatic carbocycles. The Morgan fingerprint density at radius 2 is 2.04 bits per heavy atom. The van der Waals surface area contributed by atoms with E-state index in [1.165, 1.54) is 6.42 Å². The second-order valence-electron chi connectivity index (χ2n) is 5.46. The first-order valence-electron chi connectivity index (χ1n) is 7.71. The van der Waals surface area contributed by atoms with Crippen LogP contribution in [-0.2, 0) is 4.79 Å². The Morgan fingerprint density at radius 1 is 1.30 bits per heavy atom. The maximum atomic E-state index is 11.9. The van der Waals surface area contributed by atoms with Gasteiger partial charge in [0.05, 0.1) is 0 Å². The second kappa shape index (κ2) is 10.0. The number of rotatable bonds is 7. The highest BCUT2D eigenvalue weighted by atomic mass is 35.5. The van der Waals surface area contributed by atoms with Crippen molar-refractivity contribution in [1.29, 1.82) is 0 Å². The van der Waals surface area contributed by atoms with Gasteiger partial charge in [0.2, 0.25) is 5.91 Å². The van der Waals surface area contributed by atoms with Crippen molar-refractivity contribution in [3.8, 4) is 0 Å². The first-order valence-corrected chi connectivity index (χ1v) is 7.71. The van der Waals surface area contributed by atoms with Crippen LogP contribution in [0.4, 0.5) is 5.69 Å². The molecule has 1 aliphatic heterocycles. The summed E-state index contributed by atoms with van der Waals surface area (Å²) in [4.78, 5) is 23.6. The lowest BCUT2D eigenvalue weighted by Gasteiger charge is -2.10. The van der Waals surface area contributed by atoms with Gasteiger partial charge in [0.15, 0.2) is 0 Å². The van der Waals surface area contributed by atoms with Crippen LogP contribution in [0.1, 0.15) is 36.0 Å². The van der Waals surface area contributed by atoms with Gasteiger partial charge in [-0.1, -0.05) is 6.08 Å². The van der Waals surface area contributed by atoms with Crippen molar-refractivity contribution in [2.75, 3.05) is 18.4 Å². The average molecular weight is 338 g/mol. The SMILES string of the molecule is C=CCNC(=O)c1ccc(NC(=O)CCC2CCCN2)cc1.Cl. The van der Waals surface area contributed by atoms with Gasteiger partial charge in [-0.05, 0) is 50.1 Å². The Hall–Kier alpha value is -1.85. The number of nitrogens with one attached hydrogen (secondary N) is 3. The van der Waals surface area contributed by atoms with Crippen LogP contribution in [0.15, 0.2) is 36.9 Å². The Bertz CT molecular complexity index is 525. The van der Waals surface area contributed by atoms with Crippen LogP contribution in [0, 0.1) is 0 Å². The summed E-state index contributed by atoms with van der Waals surface area (Å²) in [6.45, 7) is 5.05. The molecule has 23 heavy (non-hydrogen) atoms. The molecular formula is C17H24ClN3O2. The van der Waals surface area contributed by atoms with Crippen molar-refractivity contribution < 1.29 is 9.59 Å². The Morgan fingerprint density at radius 3 is 2.65 bits per heavy atom. The fourth-order valence-corrected chi connectivity index (χ4v) is 2.50. The molecule has 1 atom stereocenters. The van der Waals surface area contributed by atoms with E-state index in [0.717, 1.165) is 19.4 Å². The molecule has 5 nitrogen and oxygen atoms in total. The Balaban J connectivity index is 0.00000264. The Labute approximate surface area is 143 Å². The molecule has 0 aromatic heterocycles. The molecule has 1 aromatic rings. The quantitative estimate of drug-likeness (QED) is 0.669. The minimum absolute atomic E-state index is 0. The molecule has 2 amide bonds. The summed E-state index contributed by atoms with van der Waals surface area (Å²) in [5.41, 5.74) is 1.28. The molecule has 2 rings (SSSR count). The first-order chi connectivity index (χ1) is 10.7. The number of hydrogen-bond donors (Lipinski definition) is 3. The van der Waals surface area contributed by atoms with E-state index in [-0.39, 0.29) is 24.2 Å². The highest BCUT2D eigenvalue weighted by molar-refractivity contribution is 5.95. The largest absolute Gasteiger partial charge is 0.349 e. The minimum Gasteiger partial charge on any atom is -0.349 e. The van der Waals surface area contributed by atoms with Crippen molar-refractivity contribution in [2.45, 2.75) is 31.7 Å². The molecule has 1 fully saturated rings. The van der Waals surface area contributed by atoms with Gasteiger partial charge in [-0.25, -0.2) is 0 Å². The predicted molar refractivity (Wildman–Crippen MR) is 95.1 cm³/mol. The van der Waals surface area contributed by atoms with Crippen LogP contribution in [-0.4, -0.2) is 30.9 Å². The van der Waals surface area contributed by atoms with Crippen LogP contribution >= 0.6 is 12.4 Å². The normalized spacial score (nSPS) is 16.3. The fraction of sp³-hybridized carbons (Fsp3) is 0.412. The van der Waals surface area contributed by atoms with Gasteiger partial charge in [-0.3, -0.25) is 9.59 Å². The maximum absolute atomic E-state index is 11.9. The van der Waals surface area contributed by atoms with Gasteiger partial charge in [0, 0.05) is 30.3 Å². The molecule has 0 radical (unpaired) electrons. The van der Waals surface area contributed by atoms with Gasteiger partial charge < -0.3 is 16.0 Å². The standard InChI is InChI=1S/C17H23N3O2.ClH/c1-2-11-19-17(22)13-5-7-15(8-6-13)20-16(21)10-9-14-4-3-12-18-14;/h2,5-8,14,18H,1,3-4,9-12H2,(H,19,22)(H,20,21);1H. The molecule has 1 aromatic carbocycles. The third-order valence-corrected chi connectivity index (χ3v) is 3.72. The molecule has 1 heterocycles. The molecular weight excluding hydrogens is 314 g/mol. The van der Waals surface area contributed by atoms with E-state index in [4.69, 9.17) is 0 Å². The van der Waals surface area contributed by atoms with Gasteiger partial charge in [-0.15, -0.1) is 19.0 Å². The fourth-order valence-electron chi connectivity index (χ4n) is 2.50. The van der Waals surface area contributed by atoms with E-state index < -0.39 is 0 Å². The molecule has 3 N–H and O–H groups in total. The second-order valence-corrected chi connectivity index (χ2v) is 5.46. The zero-order valence-corrected chi connectivity index (χ0v) is 14.0. The maximum Gasteiger partial charge on any atom is 0.251 e. The summed E-state index contributed by atoms with van der Waals surface area (Å²) in [5.74, 6) is -0.136. The molecule has 126 valence electrons. The van der Waals surface area contributed by atoms with Gasteiger partial charge in [-0.2, -0.15) is 0 Å². The third-order valence-electron chi connectivity index (χ3n) is 3.72. The zero-order valence-electron chi connectivity index (χ0n) is 13.1. The summed E-state index contributed by atoms with van der Waals surface area (Å²) in [6, 6.07) is 7.36. The van der Waals surface area contributed by atoms with Gasteiger partial charge in [0.25, 0.3) is 5.91 Å². The number of anilines is 1. The van der Waals surface area contributed by atoms with E-state index in [1.54, 1.807) is 30.3 Å². The number of halogens is 1. The highest BCUT2D eigenvalue weighted by Crippen LogP contribution is 2.13. The molecule has 1 unspecified atom stereocenters. The number of carbonyl (C=O) groups is 2. The minimum atomic E-state index is -0.148. The van der Waals surface area contributed by atoms with E-state index in [0.29, 0.717) is 30.3 Å². The van der Waals surface area contributed by atoms with E-state index in [2.05, 4.69) is 22.5 Å². The number of amides is 2. The van der Waals surface area contributed by atoms with Gasteiger partial charge in [0.1, 0.15) is 0 Å². The van der Waals surface area contributed by atoms with Crippen LogP contribution in [0.3, 0.4) is 0 Å². The highest BCUT2D eigenvalue weighted by Gasteiger charge is 2.15. The smallest absolute Gasteiger partial charge is 0.251 e. The average Bonchev–Trinajstić information content (AvgIpc) is 3.05. The van der Waals surface area contributed by atoms with Crippen molar-refractivity contribution in [3.05, 3.63) is 42.5 Å². The van der Waals surface area contributed by atoms with Crippen molar-refractivity contribution in [3.63, 3.8) is 0 Å². The Kier molecular flexibility index (Phi) is 8.37. The van der Waals surface area contributed by atoms with Crippen molar-refractivity contribution in [1.82, 2.24) is 10.6 Å². The topological polar surface area (TPSA) is 70.2 Å². The van der Waals surface area contributed by atoms with Crippen molar-refractivity contribution >= 4 is 29.9 Å². The molecule has 0 spiro atoms. The number of hydrogen-bond acceptors (Lipinski definition) is 3. The van der Waals surface area contributed by atoms with Crippen LogP contribution in [0.2, 0.25) is 0 Å². The monoisotopic (exact) mass is 337 g/mol. The lowest BCUT2D eigenvalue weighted by atomic mass is 10.1. The van der Waals surface area contributed by atoms with Crippen LogP contribution in [0.5, 0.6) is 0 Å². The van der Waals surface area contributed by atoms with Crippen LogP contribution < -0.4 is 16.0 Å². The summed E-state index contributed by atoms with van der Waals surface area (Å²) in [7, 11) is 0. The summed E-state index contributed by atoms with van der Waals surface area (Å²) in [5, 5.41) is 8.95. The van der Waals surface area contributed by atoms with E-state index >= 15 is 0 Å². The molecule has 0 bridgehead atoms. The number of carbonyl (C=O) groups excluding carboxylic acids is 2. The lowest BCUT2D eigenvalue weighted by Crippen LogP contribution is -2.24. The molecule has 6 heteroatoms. The van der Waals surface area contributed by atoms with E-state index in [9.17, 15) is 9.59 Å². The van der Waals surface area contributed by atoms with Gasteiger partial charge >= 0.3 is 0 Å². The third kappa shape index (κ3) is 6.42. The predicted octanol–water partition coefficient (Wildman–Crippen LogP) is 2.49. The molecule has 1 aliphatic rings. The van der Waals surface area contributed by atoms with Crippen LogP contribution in [0.25, 0.3) is 0 Å². The number of benzene rings is 1. The zero-order chi connectivity index (χ0) is 15.8. The summed E-state index contributed by atoms with van der Waals surface area (Å²) in [6.07, 6.45) is 5.36. The van der Waals surface area contributed by atoms with Crippen molar-refractivity contribution in [2.24, 2.45) is 0 Å². The molecule has 1 saturated heterocycles. The molecule has 0 saturated carbocycles. The summed E-state index contributed by atoms with van der Waals surface area (Å²) >= 11 is 0. The summed E-state index contributed by atoms with van der Waals surface area (Å²) < 4.78 is 0. The first kappa shape index (κ1) is 19.2. The lowest BCUT2D eigenvalue weighted by molar-refractivity contribution is -0.116. The van der Waals surface area contributed by atoms with E-state index in [1.807, 2.05) is 0 Å².